The quantitative estimate of drug-likeness (QED) is 0.366. The van der Waals surface area contributed by atoms with Crippen LogP contribution in [0, 0.1) is 5.82 Å². The summed E-state index contributed by atoms with van der Waals surface area (Å²) in [6.07, 6.45) is 2.57. The van der Waals surface area contributed by atoms with Gasteiger partial charge < -0.3 is 15.4 Å². The number of nitrogens with zero attached hydrogens (tertiary/aromatic N) is 4. The Morgan fingerprint density at radius 3 is 2.80 bits per heavy atom. The van der Waals surface area contributed by atoms with E-state index in [-0.39, 0.29) is 11.7 Å². The van der Waals surface area contributed by atoms with Crippen LogP contribution in [0.4, 0.5) is 15.9 Å². The summed E-state index contributed by atoms with van der Waals surface area (Å²) in [4.78, 5) is 20.7. The number of rotatable bonds is 7. The van der Waals surface area contributed by atoms with Crippen LogP contribution in [-0.2, 0) is 11.3 Å². The lowest BCUT2D eigenvalue weighted by Crippen LogP contribution is -2.33. The highest BCUT2D eigenvalue weighted by Crippen LogP contribution is 2.32. The summed E-state index contributed by atoms with van der Waals surface area (Å²) in [6, 6.07) is 17.8. The largest absolute Gasteiger partial charge is 0.480 e. The van der Waals surface area contributed by atoms with Gasteiger partial charge in [0.05, 0.1) is 29.2 Å². The van der Waals surface area contributed by atoms with Crippen LogP contribution in [0.15, 0.2) is 73.2 Å². The minimum atomic E-state index is -0.682. The van der Waals surface area contributed by atoms with Crippen molar-refractivity contribution >= 4 is 39.2 Å². The fourth-order valence-electron chi connectivity index (χ4n) is 3.95. The molecule has 0 aliphatic carbocycles. The molecule has 0 bridgehead atoms. The highest BCUT2D eigenvalue weighted by Gasteiger charge is 2.17. The highest BCUT2D eigenvalue weighted by atomic mass is 19.1. The van der Waals surface area contributed by atoms with Crippen molar-refractivity contribution in [1.82, 2.24) is 25.1 Å². The zero-order valence-electron chi connectivity index (χ0n) is 19.2. The molecule has 0 aliphatic rings. The number of benzene rings is 3. The molecule has 8 nitrogen and oxygen atoms in total. The van der Waals surface area contributed by atoms with Crippen LogP contribution < -0.4 is 15.4 Å². The molecule has 5 rings (SSSR count). The molecule has 2 heterocycles. The van der Waals surface area contributed by atoms with Gasteiger partial charge in [-0.25, -0.2) is 14.4 Å². The lowest BCUT2D eigenvalue weighted by Gasteiger charge is -2.16. The highest BCUT2D eigenvalue weighted by molar-refractivity contribution is 5.96. The third-order valence-electron chi connectivity index (χ3n) is 5.67. The van der Waals surface area contributed by atoms with Gasteiger partial charge in [0.25, 0.3) is 5.91 Å². The standard InChI is InChI=1S/C26H23FN6O2/c1-16(26(34)28-2)35-23-8-4-7-21-24(23)25(30-15-29-21)32-20-9-10-22-18(12-20)13-31-33(22)14-17-5-3-6-19(27)11-17/h3-13,15-16H,14H2,1-2H3,(H,28,34)(H,29,30,32)/t16-/m1/s1. The van der Waals surface area contributed by atoms with Gasteiger partial charge in [-0.05, 0) is 55.0 Å². The summed E-state index contributed by atoms with van der Waals surface area (Å²) >= 11 is 0. The maximum atomic E-state index is 13.6. The summed E-state index contributed by atoms with van der Waals surface area (Å²) in [7, 11) is 1.57. The molecule has 1 atom stereocenters. The van der Waals surface area contributed by atoms with Gasteiger partial charge in [-0.3, -0.25) is 9.48 Å². The van der Waals surface area contributed by atoms with Crippen molar-refractivity contribution in [3.63, 3.8) is 0 Å². The summed E-state index contributed by atoms with van der Waals surface area (Å²) < 4.78 is 21.3. The number of carbonyl (C=O) groups excluding carboxylic acids is 1. The van der Waals surface area contributed by atoms with Crippen molar-refractivity contribution in [3.8, 4) is 5.75 Å². The van der Waals surface area contributed by atoms with E-state index >= 15 is 0 Å². The van der Waals surface area contributed by atoms with Crippen molar-refractivity contribution < 1.29 is 13.9 Å². The number of amides is 1. The molecule has 2 N–H and O–H groups in total. The minimum absolute atomic E-state index is 0.228. The van der Waals surface area contributed by atoms with E-state index in [9.17, 15) is 9.18 Å². The van der Waals surface area contributed by atoms with Crippen molar-refractivity contribution in [2.24, 2.45) is 0 Å². The van der Waals surface area contributed by atoms with Crippen LogP contribution in [0.1, 0.15) is 12.5 Å². The van der Waals surface area contributed by atoms with E-state index in [1.807, 2.05) is 41.1 Å². The van der Waals surface area contributed by atoms with Crippen molar-refractivity contribution in [2.45, 2.75) is 19.6 Å². The second-order valence-electron chi connectivity index (χ2n) is 8.08. The predicted molar refractivity (Wildman–Crippen MR) is 132 cm³/mol. The molecule has 0 aliphatic heterocycles. The average Bonchev–Trinajstić information content (AvgIpc) is 3.25. The Morgan fingerprint density at radius 1 is 1.11 bits per heavy atom. The molecule has 35 heavy (non-hydrogen) atoms. The number of nitrogens with one attached hydrogen (secondary N) is 2. The smallest absolute Gasteiger partial charge is 0.260 e. The summed E-state index contributed by atoms with van der Waals surface area (Å²) in [5, 5.41) is 12.0. The van der Waals surface area contributed by atoms with E-state index in [1.54, 1.807) is 32.3 Å². The van der Waals surface area contributed by atoms with E-state index in [1.165, 1.54) is 18.5 Å². The zero-order chi connectivity index (χ0) is 24.4. The first-order valence-electron chi connectivity index (χ1n) is 11.1. The number of ether oxygens (including phenoxy) is 1. The molecule has 0 saturated heterocycles. The number of aromatic nitrogens is 4. The number of carbonyl (C=O) groups is 1. The molecule has 176 valence electrons. The van der Waals surface area contributed by atoms with E-state index < -0.39 is 6.10 Å². The minimum Gasteiger partial charge on any atom is -0.480 e. The Morgan fingerprint density at radius 2 is 1.97 bits per heavy atom. The first-order valence-corrected chi connectivity index (χ1v) is 11.1. The van der Waals surface area contributed by atoms with Crippen LogP contribution in [0.2, 0.25) is 0 Å². The number of hydrogen-bond donors (Lipinski definition) is 2. The SMILES string of the molecule is CNC(=O)[C@@H](C)Oc1cccc2ncnc(Nc3ccc4c(cnn4Cc4cccc(F)c4)c3)c12. The molecule has 0 unspecified atom stereocenters. The van der Waals surface area contributed by atoms with Gasteiger partial charge in [0.2, 0.25) is 0 Å². The van der Waals surface area contributed by atoms with Gasteiger partial charge in [0.1, 0.15) is 23.7 Å². The van der Waals surface area contributed by atoms with Gasteiger partial charge in [-0.1, -0.05) is 18.2 Å². The van der Waals surface area contributed by atoms with Crippen LogP contribution in [-0.4, -0.2) is 38.8 Å². The molecule has 0 fully saturated rings. The van der Waals surface area contributed by atoms with Crippen LogP contribution >= 0.6 is 0 Å². The first-order chi connectivity index (χ1) is 17.0. The lowest BCUT2D eigenvalue weighted by atomic mass is 10.2. The summed E-state index contributed by atoms with van der Waals surface area (Å²) in [5.74, 6) is 0.566. The van der Waals surface area contributed by atoms with Crippen LogP contribution in [0.3, 0.4) is 0 Å². The molecule has 0 spiro atoms. The maximum absolute atomic E-state index is 13.6. The van der Waals surface area contributed by atoms with E-state index in [4.69, 9.17) is 4.74 Å². The molecule has 1 amide bonds. The van der Waals surface area contributed by atoms with Crippen LogP contribution in [0.5, 0.6) is 5.75 Å². The van der Waals surface area contributed by atoms with E-state index in [0.29, 0.717) is 29.0 Å². The monoisotopic (exact) mass is 470 g/mol. The van der Waals surface area contributed by atoms with Crippen LogP contribution in [0.25, 0.3) is 21.8 Å². The Balaban J connectivity index is 1.45. The molecule has 0 radical (unpaired) electrons. The molecule has 2 aromatic heterocycles. The Hall–Kier alpha value is -4.53. The fraction of sp³-hybridized carbons (Fsp3) is 0.154. The predicted octanol–water partition coefficient (Wildman–Crippen LogP) is 4.42. The molecule has 5 aromatic rings. The van der Waals surface area contributed by atoms with E-state index in [2.05, 4.69) is 25.7 Å². The zero-order valence-corrected chi connectivity index (χ0v) is 19.2. The van der Waals surface area contributed by atoms with E-state index in [0.717, 1.165) is 22.2 Å². The first kappa shape index (κ1) is 22.3. The molecule has 0 saturated carbocycles. The number of anilines is 2. The maximum Gasteiger partial charge on any atom is 0.260 e. The van der Waals surface area contributed by atoms with Crippen molar-refractivity contribution in [1.29, 1.82) is 0 Å². The lowest BCUT2D eigenvalue weighted by molar-refractivity contribution is -0.126. The second-order valence-corrected chi connectivity index (χ2v) is 8.08. The van der Waals surface area contributed by atoms with Crippen molar-refractivity contribution in [2.75, 3.05) is 12.4 Å². The fourth-order valence-corrected chi connectivity index (χ4v) is 3.95. The summed E-state index contributed by atoms with van der Waals surface area (Å²) in [6.45, 7) is 2.15. The number of halogens is 1. The number of hydrogen-bond acceptors (Lipinski definition) is 6. The third kappa shape index (κ3) is 4.61. The molecular weight excluding hydrogens is 447 g/mol. The third-order valence-corrected chi connectivity index (χ3v) is 5.67. The second kappa shape index (κ2) is 9.38. The van der Waals surface area contributed by atoms with Gasteiger partial charge in [0, 0.05) is 18.1 Å². The van der Waals surface area contributed by atoms with Crippen molar-refractivity contribution in [3.05, 3.63) is 84.6 Å². The van der Waals surface area contributed by atoms with Gasteiger partial charge >= 0.3 is 0 Å². The van der Waals surface area contributed by atoms with Gasteiger partial charge in [-0.2, -0.15) is 5.10 Å². The summed E-state index contributed by atoms with van der Waals surface area (Å²) in [5.41, 5.74) is 3.25. The topological polar surface area (TPSA) is 94.0 Å². The Kier molecular flexibility index (Phi) is 5.97. The number of likely N-dealkylation sites (N-methyl/N-ethyl adjacent to an activating group) is 1. The Bertz CT molecular complexity index is 1530. The molecule has 9 heteroatoms. The number of fused-ring (bicyclic) bond motifs is 2. The van der Waals surface area contributed by atoms with Gasteiger partial charge in [0.15, 0.2) is 6.10 Å². The van der Waals surface area contributed by atoms with Gasteiger partial charge in [-0.15, -0.1) is 0 Å². The normalized spacial score (nSPS) is 12.0. The Labute approximate surface area is 200 Å². The molecular formula is C26H23FN6O2. The molecule has 3 aromatic carbocycles. The average molecular weight is 471 g/mol.